The van der Waals surface area contributed by atoms with Crippen molar-refractivity contribution in [2.24, 2.45) is 16.5 Å². The minimum Gasteiger partial charge on any atom is -0.434 e. The lowest BCUT2D eigenvalue weighted by Crippen LogP contribution is -2.11. The van der Waals surface area contributed by atoms with Crippen molar-refractivity contribution >= 4 is 10.0 Å². The topological polar surface area (TPSA) is 69.4 Å². The number of ether oxygens (including phenoxy) is 1. The molecule has 1 fully saturated rings. The fraction of sp³-hybridized carbons (Fsp3) is 0.400. The number of hydrogen-bond acceptors (Lipinski definition) is 3. The maximum absolute atomic E-state index is 13.4. The lowest BCUT2D eigenvalue weighted by Gasteiger charge is -2.11. The van der Waals surface area contributed by atoms with E-state index >= 15 is 0 Å². The number of primary sulfonamides is 1. The van der Waals surface area contributed by atoms with Gasteiger partial charge < -0.3 is 4.74 Å². The van der Waals surface area contributed by atoms with E-state index in [1.165, 1.54) is 24.3 Å². The summed E-state index contributed by atoms with van der Waals surface area (Å²) in [6.07, 6.45) is 1.18. The Morgan fingerprint density at radius 1 is 1.14 bits per heavy atom. The largest absolute Gasteiger partial charge is 0.434 e. The Morgan fingerprint density at radius 2 is 1.79 bits per heavy atom. The van der Waals surface area contributed by atoms with E-state index in [0.717, 1.165) is 11.6 Å². The third-order valence-electron chi connectivity index (χ3n) is 5.59. The number of alkyl halides is 2. The van der Waals surface area contributed by atoms with Crippen molar-refractivity contribution in [1.82, 2.24) is 0 Å². The fourth-order valence-electron chi connectivity index (χ4n) is 4.06. The number of rotatable bonds is 7. The molecule has 0 heterocycles. The first kappa shape index (κ1) is 20.7. The molecule has 0 spiro atoms. The van der Waals surface area contributed by atoms with E-state index in [2.05, 4.69) is 18.6 Å². The van der Waals surface area contributed by atoms with Crippen LogP contribution < -0.4 is 9.88 Å². The summed E-state index contributed by atoms with van der Waals surface area (Å²) < 4.78 is 65.7. The molecule has 3 rings (SSSR count). The second-order valence-electron chi connectivity index (χ2n) is 7.69. The number of benzene rings is 2. The van der Waals surface area contributed by atoms with Crippen molar-refractivity contribution in [3.8, 4) is 5.75 Å². The zero-order valence-corrected chi connectivity index (χ0v) is 16.3. The maximum Gasteiger partial charge on any atom is 0.387 e. The van der Waals surface area contributed by atoms with Gasteiger partial charge in [0.05, 0.1) is 4.90 Å². The third-order valence-corrected chi connectivity index (χ3v) is 6.52. The Labute approximate surface area is 162 Å². The molecular weight excluding hydrogens is 391 g/mol. The van der Waals surface area contributed by atoms with E-state index in [1.807, 2.05) is 0 Å². The summed E-state index contributed by atoms with van der Waals surface area (Å²) in [6.45, 7) is 1.21. The van der Waals surface area contributed by atoms with Crippen molar-refractivity contribution in [1.29, 1.82) is 0 Å². The fourth-order valence-corrected chi connectivity index (χ4v) is 4.58. The number of aryl methyl sites for hydroxylation is 1. The first-order chi connectivity index (χ1) is 13.0. The summed E-state index contributed by atoms with van der Waals surface area (Å²) in [4.78, 5) is 0.0614. The molecule has 2 N–H and O–H groups in total. The molecule has 0 aliphatic heterocycles. The van der Waals surface area contributed by atoms with Crippen LogP contribution in [0.2, 0.25) is 0 Å². The molecule has 0 bridgehead atoms. The molecule has 0 aromatic heterocycles. The van der Waals surface area contributed by atoms with E-state index in [9.17, 15) is 21.6 Å². The molecule has 1 aliphatic rings. The smallest absolute Gasteiger partial charge is 0.387 e. The minimum absolute atomic E-state index is 0.0210. The molecule has 4 nitrogen and oxygen atoms in total. The van der Waals surface area contributed by atoms with Gasteiger partial charge in [-0.3, -0.25) is 0 Å². The third kappa shape index (κ3) is 4.33. The second-order valence-corrected chi connectivity index (χ2v) is 9.25. The average Bonchev–Trinajstić information content (AvgIpc) is 3.13. The molecule has 0 amide bonds. The van der Waals surface area contributed by atoms with Gasteiger partial charge in [0.2, 0.25) is 10.0 Å². The summed E-state index contributed by atoms with van der Waals surface area (Å²) in [7, 11) is -3.74. The summed E-state index contributed by atoms with van der Waals surface area (Å²) >= 11 is 0. The summed E-state index contributed by atoms with van der Waals surface area (Å²) in [5, 5.41) is 5.13. The molecule has 0 saturated heterocycles. The Kier molecular flexibility index (Phi) is 5.46. The maximum atomic E-state index is 13.4. The van der Waals surface area contributed by atoms with Gasteiger partial charge in [0.1, 0.15) is 11.6 Å². The highest BCUT2D eigenvalue weighted by molar-refractivity contribution is 7.89. The van der Waals surface area contributed by atoms with Gasteiger partial charge in [-0.05, 0) is 59.4 Å². The van der Waals surface area contributed by atoms with Crippen LogP contribution in [0.4, 0.5) is 13.2 Å². The van der Waals surface area contributed by atoms with Gasteiger partial charge in [-0.25, -0.2) is 17.9 Å². The molecule has 1 aliphatic carbocycles. The Balaban J connectivity index is 1.72. The predicted molar refractivity (Wildman–Crippen MR) is 99.2 cm³/mol. The summed E-state index contributed by atoms with van der Waals surface area (Å²) in [5.41, 5.74) is 1.52. The Bertz CT molecular complexity index is 959. The quantitative estimate of drug-likeness (QED) is 0.729. The number of hydrogen-bond donors (Lipinski definition) is 1. The van der Waals surface area contributed by atoms with Gasteiger partial charge in [0.15, 0.2) is 0 Å². The monoisotopic (exact) mass is 413 g/mol. The van der Waals surface area contributed by atoms with Crippen LogP contribution in [0.5, 0.6) is 5.75 Å². The highest BCUT2D eigenvalue weighted by Crippen LogP contribution is 2.66. The molecule has 1 saturated carbocycles. The molecule has 8 heteroatoms. The molecule has 2 aromatic rings. The van der Waals surface area contributed by atoms with Gasteiger partial charge in [0, 0.05) is 6.07 Å². The highest BCUT2D eigenvalue weighted by atomic mass is 32.2. The van der Waals surface area contributed by atoms with Crippen molar-refractivity contribution < 1.29 is 26.3 Å². The molecule has 152 valence electrons. The minimum atomic E-state index is -3.74. The number of nitrogens with two attached hydrogens (primary N) is 1. The molecule has 2 aromatic carbocycles. The van der Waals surface area contributed by atoms with E-state index in [-0.39, 0.29) is 27.9 Å². The number of halogens is 3. The average molecular weight is 413 g/mol. The molecular formula is C20H22F3NO3S. The van der Waals surface area contributed by atoms with Crippen LogP contribution in [0.15, 0.2) is 47.4 Å². The van der Waals surface area contributed by atoms with Crippen LogP contribution in [0.25, 0.3) is 0 Å². The first-order valence-corrected chi connectivity index (χ1v) is 10.4. The van der Waals surface area contributed by atoms with Gasteiger partial charge >= 0.3 is 6.61 Å². The summed E-state index contributed by atoms with van der Waals surface area (Å²) in [6, 6.07) is 10.2. The molecule has 0 radical (unpaired) electrons. The Morgan fingerprint density at radius 3 is 2.36 bits per heavy atom. The normalized spacial score (nSPS) is 21.0. The van der Waals surface area contributed by atoms with E-state index in [4.69, 9.17) is 5.14 Å². The molecule has 2 atom stereocenters. The second kappa shape index (κ2) is 7.40. The van der Waals surface area contributed by atoms with Crippen molar-refractivity contribution in [2.75, 3.05) is 0 Å². The predicted octanol–water partition coefficient (Wildman–Crippen LogP) is 4.45. The van der Waals surface area contributed by atoms with E-state index < -0.39 is 22.5 Å². The van der Waals surface area contributed by atoms with Crippen LogP contribution in [0.3, 0.4) is 0 Å². The van der Waals surface area contributed by atoms with Gasteiger partial charge in [-0.15, -0.1) is 0 Å². The lowest BCUT2D eigenvalue weighted by molar-refractivity contribution is -0.0506. The van der Waals surface area contributed by atoms with E-state index in [1.54, 1.807) is 12.1 Å². The summed E-state index contributed by atoms with van der Waals surface area (Å²) in [5.74, 6) is -0.277. The first-order valence-electron chi connectivity index (χ1n) is 8.86. The lowest BCUT2D eigenvalue weighted by atomic mass is 10.0. The van der Waals surface area contributed by atoms with Gasteiger partial charge in [0.25, 0.3) is 0 Å². The van der Waals surface area contributed by atoms with Crippen LogP contribution >= 0.6 is 0 Å². The molecule has 28 heavy (non-hydrogen) atoms. The SMILES string of the molecule is CC1(C)[C@H](CCc2ccc(F)cc2OC(F)F)[C@H]1c1ccc(S(N)(=O)=O)cc1. The molecule has 0 unspecified atom stereocenters. The van der Waals surface area contributed by atoms with Crippen LogP contribution in [0.1, 0.15) is 37.3 Å². The Hall–Kier alpha value is -2.06. The van der Waals surface area contributed by atoms with Crippen LogP contribution in [0, 0.1) is 17.2 Å². The van der Waals surface area contributed by atoms with Crippen molar-refractivity contribution in [2.45, 2.75) is 44.1 Å². The zero-order chi connectivity index (χ0) is 20.7. The van der Waals surface area contributed by atoms with Crippen molar-refractivity contribution in [3.05, 3.63) is 59.4 Å². The van der Waals surface area contributed by atoms with Crippen LogP contribution in [-0.2, 0) is 16.4 Å². The zero-order valence-electron chi connectivity index (χ0n) is 15.5. The van der Waals surface area contributed by atoms with E-state index in [0.29, 0.717) is 18.4 Å². The van der Waals surface area contributed by atoms with Gasteiger partial charge in [-0.1, -0.05) is 32.0 Å². The highest BCUT2D eigenvalue weighted by Gasteiger charge is 2.57. The van der Waals surface area contributed by atoms with Crippen molar-refractivity contribution in [3.63, 3.8) is 0 Å². The van der Waals surface area contributed by atoms with Crippen LogP contribution in [-0.4, -0.2) is 15.0 Å². The standard InChI is InChI=1S/C20H22F3NO3S/c1-20(2)16(18(20)13-4-8-15(9-5-13)28(24,25)26)10-6-12-3-7-14(21)11-17(12)27-19(22)23/h3-5,7-9,11,16,18-19H,6,10H2,1-2H3,(H2,24,25,26)/t16-,18-/m1/s1. The van der Waals surface area contributed by atoms with Gasteiger partial charge in [-0.2, -0.15) is 8.78 Å². The number of sulfonamides is 1.